The average Bonchev–Trinajstić information content (AvgIpc) is 3.53. The lowest BCUT2D eigenvalue weighted by molar-refractivity contribution is 0.0688. The molecule has 1 saturated heterocycles. The van der Waals surface area contributed by atoms with Gasteiger partial charge in [0.1, 0.15) is 17.1 Å². The number of hydrogen-bond donors (Lipinski definition) is 2. The van der Waals surface area contributed by atoms with Gasteiger partial charge in [-0.25, -0.2) is 9.48 Å². The molecule has 5 rings (SSSR count). The Balaban J connectivity index is 1.17. The molecule has 0 spiro atoms. The van der Waals surface area contributed by atoms with Gasteiger partial charge in [0.05, 0.1) is 17.1 Å². The summed E-state index contributed by atoms with van der Waals surface area (Å²) in [6, 6.07) is 17.6. The van der Waals surface area contributed by atoms with Crippen LogP contribution in [-0.4, -0.2) is 44.9 Å². The van der Waals surface area contributed by atoms with Crippen LogP contribution >= 0.6 is 0 Å². The predicted molar refractivity (Wildman–Crippen MR) is 164 cm³/mol. The number of nitrogens with one attached hydrogen (secondary N) is 2. The number of benzene rings is 2. The molecular weight excluding hydrogens is 528 g/mol. The van der Waals surface area contributed by atoms with E-state index in [1.165, 1.54) is 5.56 Å². The lowest BCUT2D eigenvalue weighted by Gasteiger charge is -2.32. The van der Waals surface area contributed by atoms with E-state index in [1.54, 1.807) is 11.6 Å². The van der Waals surface area contributed by atoms with Gasteiger partial charge in [-0.15, -0.1) is 0 Å². The number of urea groups is 1. The number of rotatable bonds is 6. The van der Waals surface area contributed by atoms with E-state index in [4.69, 9.17) is 9.62 Å². The number of carbonyl (C=O) groups excluding carboxylic acids is 2. The van der Waals surface area contributed by atoms with Crippen molar-refractivity contribution >= 4 is 23.4 Å². The molecule has 42 heavy (non-hydrogen) atoms. The normalized spacial score (nSPS) is 14.2. The van der Waals surface area contributed by atoms with E-state index in [0.717, 1.165) is 49.3 Å². The first-order valence-corrected chi connectivity index (χ1v) is 14.5. The molecule has 4 aromatic rings. The molecule has 0 saturated carbocycles. The maximum atomic E-state index is 13.0. The van der Waals surface area contributed by atoms with Gasteiger partial charge in [-0.05, 0) is 75.8 Å². The monoisotopic (exact) mass is 568 g/mol. The van der Waals surface area contributed by atoms with Crippen molar-refractivity contribution in [3.05, 3.63) is 88.4 Å². The molecule has 0 bridgehead atoms. The van der Waals surface area contributed by atoms with E-state index < -0.39 is 0 Å². The van der Waals surface area contributed by atoms with Gasteiger partial charge in [0, 0.05) is 30.3 Å². The van der Waals surface area contributed by atoms with E-state index in [9.17, 15) is 9.59 Å². The zero-order chi connectivity index (χ0) is 30.0. The third-order valence-corrected chi connectivity index (χ3v) is 7.88. The van der Waals surface area contributed by atoms with Crippen LogP contribution in [-0.2, 0) is 11.8 Å². The van der Waals surface area contributed by atoms with Gasteiger partial charge in [0.15, 0.2) is 0 Å². The topological polar surface area (TPSA) is 105 Å². The molecule has 3 amide bonds. The Morgan fingerprint density at radius 1 is 0.952 bits per heavy atom. The highest BCUT2D eigenvalue weighted by atomic mass is 16.5. The summed E-state index contributed by atoms with van der Waals surface area (Å²) in [6.45, 7) is 13.4. The number of likely N-dealkylation sites (tertiary alicyclic amines) is 1. The first-order valence-electron chi connectivity index (χ1n) is 14.5. The minimum absolute atomic E-state index is 0.00921. The molecule has 2 aromatic heterocycles. The summed E-state index contributed by atoms with van der Waals surface area (Å²) in [5, 5.41) is 14.6. The SMILES string of the molecule is Cc1ccc(-n2nc(C(C)(C)C)cc2NC(=O)Nc2ccc(CC3CCN(C(=O)c4c(C)noc4C)CC3)cc2)cc1. The lowest BCUT2D eigenvalue weighted by Crippen LogP contribution is -2.39. The lowest BCUT2D eigenvalue weighted by atomic mass is 9.90. The van der Waals surface area contributed by atoms with Gasteiger partial charge < -0.3 is 14.7 Å². The van der Waals surface area contributed by atoms with Crippen LogP contribution in [0.25, 0.3) is 5.69 Å². The number of anilines is 2. The van der Waals surface area contributed by atoms with Crippen LogP contribution < -0.4 is 10.6 Å². The zero-order valence-corrected chi connectivity index (χ0v) is 25.3. The van der Waals surface area contributed by atoms with Crippen molar-refractivity contribution in [2.45, 2.75) is 66.2 Å². The maximum Gasteiger partial charge on any atom is 0.324 e. The van der Waals surface area contributed by atoms with Crippen molar-refractivity contribution in [3.8, 4) is 5.69 Å². The van der Waals surface area contributed by atoms with Crippen molar-refractivity contribution in [2.75, 3.05) is 23.7 Å². The second kappa shape index (κ2) is 11.8. The second-order valence-electron chi connectivity index (χ2n) is 12.3. The summed E-state index contributed by atoms with van der Waals surface area (Å²) in [5.41, 5.74) is 5.93. The average molecular weight is 569 g/mol. The van der Waals surface area contributed by atoms with Crippen LogP contribution in [0.1, 0.15) is 72.2 Å². The summed E-state index contributed by atoms with van der Waals surface area (Å²) in [7, 11) is 0. The van der Waals surface area contributed by atoms with Crippen LogP contribution in [0.15, 0.2) is 59.1 Å². The largest absolute Gasteiger partial charge is 0.361 e. The summed E-state index contributed by atoms with van der Waals surface area (Å²) in [5.74, 6) is 1.69. The Bertz CT molecular complexity index is 1530. The highest BCUT2D eigenvalue weighted by molar-refractivity contribution is 5.99. The van der Waals surface area contributed by atoms with E-state index in [0.29, 0.717) is 34.4 Å². The Kier molecular flexibility index (Phi) is 8.20. The van der Waals surface area contributed by atoms with Gasteiger partial charge in [-0.1, -0.05) is 55.8 Å². The van der Waals surface area contributed by atoms with Crippen molar-refractivity contribution in [1.82, 2.24) is 19.8 Å². The fourth-order valence-corrected chi connectivity index (χ4v) is 5.34. The van der Waals surface area contributed by atoms with Gasteiger partial charge >= 0.3 is 6.03 Å². The van der Waals surface area contributed by atoms with Gasteiger partial charge in [-0.3, -0.25) is 10.1 Å². The number of nitrogens with zero attached hydrogens (tertiary/aromatic N) is 4. The first-order chi connectivity index (χ1) is 20.0. The Morgan fingerprint density at radius 2 is 1.62 bits per heavy atom. The minimum Gasteiger partial charge on any atom is -0.361 e. The standard InChI is InChI=1S/C33H40N6O3/c1-21-7-13-27(14-8-21)39-29(20-28(36-39)33(4,5)6)35-32(41)34-26-11-9-24(10-12-26)19-25-15-17-38(18-16-25)31(40)30-22(2)37-42-23(30)3/h7-14,20,25H,15-19H2,1-6H3,(H2,34,35,41). The second-order valence-corrected chi connectivity index (χ2v) is 12.3. The van der Waals surface area contributed by atoms with Gasteiger partial charge in [-0.2, -0.15) is 5.10 Å². The third kappa shape index (κ3) is 6.56. The smallest absolute Gasteiger partial charge is 0.324 e. The zero-order valence-electron chi connectivity index (χ0n) is 25.3. The molecule has 3 heterocycles. The highest BCUT2D eigenvalue weighted by Crippen LogP contribution is 2.28. The Hall–Kier alpha value is -4.40. The molecule has 2 N–H and O–H groups in total. The fraction of sp³-hybridized carbons (Fsp3) is 0.394. The third-order valence-electron chi connectivity index (χ3n) is 7.88. The van der Waals surface area contributed by atoms with Crippen molar-refractivity contribution in [1.29, 1.82) is 0 Å². The van der Waals surface area contributed by atoms with Crippen LogP contribution in [0.3, 0.4) is 0 Å². The fourth-order valence-electron chi connectivity index (χ4n) is 5.34. The van der Waals surface area contributed by atoms with Crippen molar-refractivity contribution in [2.24, 2.45) is 5.92 Å². The van der Waals surface area contributed by atoms with Crippen LogP contribution in [0, 0.1) is 26.7 Å². The molecule has 0 unspecified atom stereocenters. The van der Waals surface area contributed by atoms with Crippen LogP contribution in [0.4, 0.5) is 16.3 Å². The summed E-state index contributed by atoms with van der Waals surface area (Å²) >= 11 is 0. The van der Waals surface area contributed by atoms with Crippen LogP contribution in [0.5, 0.6) is 0 Å². The number of amides is 3. The highest BCUT2D eigenvalue weighted by Gasteiger charge is 2.28. The van der Waals surface area contributed by atoms with E-state index in [2.05, 4.69) is 48.7 Å². The first kappa shape index (κ1) is 29.1. The molecule has 9 nitrogen and oxygen atoms in total. The van der Waals surface area contributed by atoms with Crippen LogP contribution in [0.2, 0.25) is 0 Å². The van der Waals surface area contributed by atoms with E-state index in [1.807, 2.05) is 61.2 Å². The summed E-state index contributed by atoms with van der Waals surface area (Å²) in [6.07, 6.45) is 2.83. The molecule has 2 aromatic carbocycles. The van der Waals surface area contributed by atoms with Crippen molar-refractivity contribution in [3.63, 3.8) is 0 Å². The number of aromatic nitrogens is 3. The van der Waals surface area contributed by atoms with Crippen molar-refractivity contribution < 1.29 is 14.1 Å². The van der Waals surface area contributed by atoms with E-state index >= 15 is 0 Å². The number of piperidine rings is 1. The Labute approximate surface area is 247 Å². The van der Waals surface area contributed by atoms with Gasteiger partial charge in [0.25, 0.3) is 5.91 Å². The predicted octanol–water partition coefficient (Wildman–Crippen LogP) is 6.82. The van der Waals surface area contributed by atoms with E-state index in [-0.39, 0.29) is 17.4 Å². The maximum absolute atomic E-state index is 13.0. The molecule has 0 atom stereocenters. The summed E-state index contributed by atoms with van der Waals surface area (Å²) in [4.78, 5) is 27.8. The molecule has 0 radical (unpaired) electrons. The molecule has 220 valence electrons. The minimum atomic E-state index is -0.327. The number of hydrogen-bond acceptors (Lipinski definition) is 5. The number of carbonyl (C=O) groups is 2. The molecular formula is C33H40N6O3. The number of aryl methyl sites for hydroxylation is 3. The quantitative estimate of drug-likeness (QED) is 0.265. The van der Waals surface area contributed by atoms with Gasteiger partial charge in [0.2, 0.25) is 0 Å². The molecule has 1 aliphatic heterocycles. The molecule has 0 aliphatic carbocycles. The molecule has 9 heteroatoms. The Morgan fingerprint density at radius 3 is 2.21 bits per heavy atom. The molecule has 1 aliphatic rings. The summed E-state index contributed by atoms with van der Waals surface area (Å²) < 4.78 is 6.95. The molecule has 1 fully saturated rings.